The fraction of sp³-hybridized carbons (Fsp3) is 0.750. The summed E-state index contributed by atoms with van der Waals surface area (Å²) in [5.41, 5.74) is 3.67. The van der Waals surface area contributed by atoms with Crippen LogP contribution in [0.15, 0.2) is 36.5 Å². The summed E-state index contributed by atoms with van der Waals surface area (Å²) in [4.78, 5) is 11.9. The number of rotatable bonds is 1. The van der Waals surface area contributed by atoms with Gasteiger partial charge in [0.15, 0.2) is 0 Å². The van der Waals surface area contributed by atoms with E-state index in [9.17, 15) is 0 Å². The van der Waals surface area contributed by atoms with E-state index in [0.717, 1.165) is 18.6 Å². The molecular weight excluding hydrogens is 502 g/mol. The maximum atomic E-state index is 4.32. The molecular formula is C36H65N5. The third kappa shape index (κ3) is 12.7. The number of hydrogen-bond acceptors (Lipinski definition) is 5. The molecule has 0 unspecified atom stereocenters. The summed E-state index contributed by atoms with van der Waals surface area (Å²) in [5, 5.41) is 4.62. The lowest BCUT2D eigenvalue weighted by molar-refractivity contribution is 0.0690. The van der Waals surface area contributed by atoms with Gasteiger partial charge in [-0.1, -0.05) is 38.5 Å². The standard InChI is InChI=1S/C12H13N.C9H19N.C8H18N2.C7H15N/c1-9(2)10-5-3-7-12-11(10)6-4-8-13-12;1-9(2,3)10-7-5-4-6-8-10;1-8(2,3)10-6-4-9-5-7-10;1-7(2,3)8-5-4-6-8/h3-9H,1-2H3;4-8H2,1-3H3;9H,4-7H2,1-3H3;4-6H2,1-3H3. The van der Waals surface area contributed by atoms with Crippen molar-refractivity contribution in [3.05, 3.63) is 42.1 Å². The summed E-state index contributed by atoms with van der Waals surface area (Å²) in [6, 6.07) is 10.4. The van der Waals surface area contributed by atoms with E-state index in [-0.39, 0.29) is 0 Å². The molecule has 0 amide bonds. The minimum Gasteiger partial charge on any atom is -0.314 e. The third-order valence-electron chi connectivity index (χ3n) is 8.48. The average Bonchev–Trinajstić information content (AvgIpc) is 2.87. The van der Waals surface area contributed by atoms with Crippen molar-refractivity contribution in [1.29, 1.82) is 0 Å². The monoisotopic (exact) mass is 568 g/mol. The molecule has 0 radical (unpaired) electrons. The molecule has 5 heteroatoms. The van der Waals surface area contributed by atoms with Crippen molar-refractivity contribution >= 4 is 10.9 Å². The highest BCUT2D eigenvalue weighted by Gasteiger charge is 2.25. The Bertz CT molecular complexity index is 946. The zero-order valence-electron chi connectivity index (χ0n) is 28.8. The molecule has 1 aromatic heterocycles. The molecule has 3 aliphatic heterocycles. The normalized spacial score (nSPS) is 19.2. The Morgan fingerprint density at radius 2 is 1.10 bits per heavy atom. The van der Waals surface area contributed by atoms with Gasteiger partial charge in [-0.3, -0.25) is 19.7 Å². The molecule has 2 aromatic rings. The lowest BCUT2D eigenvalue weighted by Gasteiger charge is -2.42. The molecule has 0 spiro atoms. The molecule has 1 N–H and O–H groups in total. The number of hydrogen-bond donors (Lipinski definition) is 1. The van der Waals surface area contributed by atoms with Gasteiger partial charge in [0.2, 0.25) is 0 Å². The Morgan fingerprint density at radius 3 is 1.49 bits per heavy atom. The summed E-state index contributed by atoms with van der Waals surface area (Å²) in [7, 11) is 0. The van der Waals surface area contributed by atoms with Crippen molar-refractivity contribution in [1.82, 2.24) is 25.0 Å². The topological polar surface area (TPSA) is 34.6 Å². The molecule has 0 bridgehead atoms. The second-order valence-corrected chi connectivity index (χ2v) is 15.2. The second-order valence-electron chi connectivity index (χ2n) is 15.2. The van der Waals surface area contributed by atoms with Crippen LogP contribution in [0.4, 0.5) is 0 Å². The van der Waals surface area contributed by atoms with Crippen LogP contribution in [0.5, 0.6) is 0 Å². The van der Waals surface area contributed by atoms with E-state index in [1.54, 1.807) is 0 Å². The van der Waals surface area contributed by atoms with Crippen LogP contribution in [0.3, 0.4) is 0 Å². The number of aromatic nitrogens is 1. The van der Waals surface area contributed by atoms with Crippen LogP contribution < -0.4 is 5.32 Å². The van der Waals surface area contributed by atoms with E-state index < -0.39 is 0 Å². The molecule has 4 heterocycles. The number of fused-ring (bicyclic) bond motifs is 1. The van der Waals surface area contributed by atoms with Crippen LogP contribution in [0.1, 0.15) is 113 Å². The van der Waals surface area contributed by atoms with Gasteiger partial charge in [-0.2, -0.15) is 0 Å². The zero-order chi connectivity index (χ0) is 30.7. The van der Waals surface area contributed by atoms with Gasteiger partial charge in [0.25, 0.3) is 0 Å². The van der Waals surface area contributed by atoms with Crippen molar-refractivity contribution in [2.75, 3.05) is 52.4 Å². The molecule has 41 heavy (non-hydrogen) atoms. The van der Waals surface area contributed by atoms with Gasteiger partial charge in [0.05, 0.1) is 5.52 Å². The number of likely N-dealkylation sites (tertiary alicyclic amines) is 2. The lowest BCUT2D eigenvalue weighted by Crippen LogP contribution is -2.51. The number of nitrogens with one attached hydrogen (secondary N) is 1. The molecule has 3 fully saturated rings. The first-order chi connectivity index (χ1) is 19.1. The number of piperidine rings is 1. The van der Waals surface area contributed by atoms with Crippen LogP contribution in [-0.2, 0) is 0 Å². The highest BCUT2D eigenvalue weighted by Crippen LogP contribution is 2.23. The second kappa shape index (κ2) is 16.4. The largest absolute Gasteiger partial charge is 0.314 e. The molecule has 0 saturated carbocycles. The Balaban J connectivity index is 0.000000194. The Kier molecular flexibility index (Phi) is 14.2. The first kappa shape index (κ1) is 35.7. The summed E-state index contributed by atoms with van der Waals surface area (Å²) in [6.07, 6.45) is 7.48. The van der Waals surface area contributed by atoms with Crippen LogP contribution in [0.2, 0.25) is 0 Å². The molecule has 0 atom stereocenters. The molecule has 5 rings (SSSR count). The van der Waals surface area contributed by atoms with Crippen molar-refractivity contribution in [2.24, 2.45) is 0 Å². The van der Waals surface area contributed by atoms with Crippen molar-refractivity contribution in [2.45, 2.75) is 124 Å². The molecule has 3 aliphatic rings. The molecule has 5 nitrogen and oxygen atoms in total. The van der Waals surface area contributed by atoms with Gasteiger partial charge in [0, 0.05) is 54.4 Å². The summed E-state index contributed by atoms with van der Waals surface area (Å²) in [5.74, 6) is 0.563. The van der Waals surface area contributed by atoms with Crippen LogP contribution in [0.25, 0.3) is 10.9 Å². The number of benzene rings is 1. The van der Waals surface area contributed by atoms with E-state index in [4.69, 9.17) is 0 Å². The van der Waals surface area contributed by atoms with Gasteiger partial charge >= 0.3 is 0 Å². The smallest absolute Gasteiger partial charge is 0.0704 e. The minimum atomic E-state index is 0.363. The predicted octanol–water partition coefficient (Wildman–Crippen LogP) is 7.81. The van der Waals surface area contributed by atoms with E-state index in [2.05, 4.69) is 125 Å². The Hall–Kier alpha value is -1.53. The number of nitrogens with zero attached hydrogens (tertiary/aromatic N) is 4. The molecule has 234 valence electrons. The van der Waals surface area contributed by atoms with Gasteiger partial charge < -0.3 is 5.32 Å². The minimum absolute atomic E-state index is 0.363. The van der Waals surface area contributed by atoms with E-state index in [1.165, 1.54) is 75.9 Å². The molecule has 1 aromatic carbocycles. The van der Waals surface area contributed by atoms with Gasteiger partial charge in [-0.05, 0) is 131 Å². The van der Waals surface area contributed by atoms with Crippen molar-refractivity contribution in [3.63, 3.8) is 0 Å². The summed E-state index contributed by atoms with van der Waals surface area (Å²) >= 11 is 0. The van der Waals surface area contributed by atoms with Crippen LogP contribution in [0, 0.1) is 0 Å². The van der Waals surface area contributed by atoms with E-state index >= 15 is 0 Å². The summed E-state index contributed by atoms with van der Waals surface area (Å²) in [6.45, 7) is 34.9. The van der Waals surface area contributed by atoms with Crippen molar-refractivity contribution in [3.8, 4) is 0 Å². The fourth-order valence-electron chi connectivity index (χ4n) is 5.52. The van der Waals surface area contributed by atoms with E-state index in [1.807, 2.05) is 12.3 Å². The quantitative estimate of drug-likeness (QED) is 0.380. The molecule has 0 aliphatic carbocycles. The first-order valence-electron chi connectivity index (χ1n) is 16.4. The van der Waals surface area contributed by atoms with Crippen molar-refractivity contribution < 1.29 is 0 Å². The molecule has 3 saturated heterocycles. The van der Waals surface area contributed by atoms with Gasteiger partial charge in [0.1, 0.15) is 0 Å². The lowest BCUT2D eigenvalue weighted by atomic mass is 9.98. The number of piperazine rings is 1. The Morgan fingerprint density at radius 1 is 0.610 bits per heavy atom. The SMILES string of the molecule is CC(C)(C)N1CCC1.CC(C)(C)N1CCCCC1.CC(C)(C)N1CCNCC1.CC(C)c1cccc2ncccc12. The van der Waals surface area contributed by atoms with E-state index in [0.29, 0.717) is 22.5 Å². The van der Waals surface area contributed by atoms with Gasteiger partial charge in [-0.25, -0.2) is 0 Å². The zero-order valence-corrected chi connectivity index (χ0v) is 28.8. The highest BCUT2D eigenvalue weighted by molar-refractivity contribution is 5.82. The highest BCUT2D eigenvalue weighted by atomic mass is 15.2. The summed E-state index contributed by atoms with van der Waals surface area (Å²) < 4.78 is 0. The Labute approximate surface area is 254 Å². The maximum absolute atomic E-state index is 4.32. The van der Waals surface area contributed by atoms with Gasteiger partial charge in [-0.15, -0.1) is 0 Å². The van der Waals surface area contributed by atoms with Crippen LogP contribution >= 0.6 is 0 Å². The predicted molar refractivity (Wildman–Crippen MR) is 181 cm³/mol. The fourth-order valence-corrected chi connectivity index (χ4v) is 5.52. The number of pyridine rings is 1. The third-order valence-corrected chi connectivity index (χ3v) is 8.48. The van der Waals surface area contributed by atoms with Crippen LogP contribution in [-0.4, -0.2) is 88.7 Å². The maximum Gasteiger partial charge on any atom is 0.0704 e. The average molecular weight is 568 g/mol. The first-order valence-corrected chi connectivity index (χ1v) is 16.4.